The highest BCUT2D eigenvalue weighted by molar-refractivity contribution is 6.35. The van der Waals surface area contributed by atoms with Gasteiger partial charge in [0.1, 0.15) is 19.0 Å². The lowest BCUT2D eigenvalue weighted by atomic mass is 10.1. The molecule has 2 aromatic rings. The van der Waals surface area contributed by atoms with Gasteiger partial charge in [0.25, 0.3) is 0 Å². The lowest BCUT2D eigenvalue weighted by Crippen LogP contribution is -2.16. The van der Waals surface area contributed by atoms with Crippen molar-refractivity contribution in [3.63, 3.8) is 0 Å². The zero-order valence-corrected chi connectivity index (χ0v) is 9.90. The summed E-state index contributed by atoms with van der Waals surface area (Å²) in [6.45, 7) is 0.804. The summed E-state index contributed by atoms with van der Waals surface area (Å²) in [5.41, 5.74) is 6.54. The Labute approximate surface area is 107 Å². The molecule has 0 spiro atoms. The topological polar surface area (TPSA) is 90.7 Å². The van der Waals surface area contributed by atoms with Crippen LogP contribution < -0.4 is 15.2 Å². The van der Waals surface area contributed by atoms with Crippen LogP contribution in [-0.2, 0) is 0 Å². The Morgan fingerprint density at radius 2 is 2.11 bits per heavy atom. The molecule has 0 fully saturated rings. The average Bonchev–Trinajstić information content (AvgIpc) is 2.77. The lowest BCUT2D eigenvalue weighted by Gasteiger charge is -2.22. The highest BCUT2D eigenvalue weighted by Gasteiger charge is 2.25. The van der Waals surface area contributed by atoms with Gasteiger partial charge in [0, 0.05) is 6.07 Å². The predicted octanol–water partition coefficient (Wildman–Crippen LogP) is 2.05. The predicted molar refractivity (Wildman–Crippen MR) is 64.0 cm³/mol. The second-order valence-electron chi connectivity index (χ2n) is 3.71. The summed E-state index contributed by atoms with van der Waals surface area (Å²) in [4.78, 5) is 0. The molecule has 1 aliphatic rings. The number of phenolic OH excluding ortho intramolecular Hbond substituents is 1. The number of nitrogens with zero attached hydrogens (tertiary/aromatic N) is 1. The Morgan fingerprint density at radius 1 is 1.33 bits per heavy atom. The van der Waals surface area contributed by atoms with E-state index in [4.69, 9.17) is 31.3 Å². The molecule has 0 aliphatic carbocycles. The minimum absolute atomic E-state index is 0.0962. The molecule has 1 aromatic heterocycles. The van der Waals surface area contributed by atoms with Crippen molar-refractivity contribution in [1.82, 2.24) is 5.16 Å². The quantitative estimate of drug-likeness (QED) is 0.823. The van der Waals surface area contributed by atoms with Crippen molar-refractivity contribution in [2.24, 2.45) is 0 Å². The fourth-order valence-electron chi connectivity index (χ4n) is 1.83. The molecule has 0 saturated carbocycles. The highest BCUT2D eigenvalue weighted by Crippen LogP contribution is 2.49. The van der Waals surface area contributed by atoms with Gasteiger partial charge in [-0.15, -0.1) is 0 Å². The molecule has 2 heterocycles. The van der Waals surface area contributed by atoms with Crippen molar-refractivity contribution in [3.8, 4) is 28.4 Å². The Bertz CT molecular complexity index is 611. The molecule has 94 valence electrons. The van der Waals surface area contributed by atoms with Crippen LogP contribution in [0.5, 0.6) is 17.2 Å². The highest BCUT2D eigenvalue weighted by atomic mass is 35.5. The van der Waals surface area contributed by atoms with Gasteiger partial charge in [-0.2, -0.15) is 0 Å². The fourth-order valence-corrected chi connectivity index (χ4v) is 2.07. The molecule has 0 saturated heterocycles. The van der Waals surface area contributed by atoms with Crippen molar-refractivity contribution < 1.29 is 19.1 Å². The largest absolute Gasteiger partial charge is 0.506 e. The third-order valence-corrected chi connectivity index (χ3v) is 3.00. The van der Waals surface area contributed by atoms with Gasteiger partial charge in [0.05, 0.1) is 22.3 Å². The number of nitrogen functional groups attached to an aromatic ring is 1. The van der Waals surface area contributed by atoms with E-state index >= 15 is 0 Å². The maximum atomic E-state index is 9.79. The molecule has 0 radical (unpaired) electrons. The first-order valence-corrected chi connectivity index (χ1v) is 5.58. The smallest absolute Gasteiger partial charge is 0.230 e. The fraction of sp³-hybridized carbons (Fsp3) is 0.182. The number of halogens is 1. The number of fused-ring (bicyclic) bond motifs is 1. The zero-order valence-electron chi connectivity index (χ0n) is 9.14. The van der Waals surface area contributed by atoms with E-state index in [-0.39, 0.29) is 16.7 Å². The maximum absolute atomic E-state index is 9.79. The van der Waals surface area contributed by atoms with Crippen molar-refractivity contribution in [1.29, 1.82) is 0 Å². The van der Waals surface area contributed by atoms with E-state index in [1.165, 1.54) is 12.3 Å². The van der Waals surface area contributed by atoms with Gasteiger partial charge in [-0.1, -0.05) is 16.8 Å². The molecule has 18 heavy (non-hydrogen) atoms. The van der Waals surface area contributed by atoms with Crippen LogP contribution in [0.3, 0.4) is 0 Å². The SMILES string of the molecule is Nc1oncc1-c1c(Cl)c(O)cc2c1OCCO2. The van der Waals surface area contributed by atoms with Crippen LogP contribution in [0, 0.1) is 0 Å². The molecule has 1 aliphatic heterocycles. The van der Waals surface area contributed by atoms with Gasteiger partial charge < -0.3 is 24.8 Å². The Morgan fingerprint density at radius 3 is 2.83 bits per heavy atom. The maximum Gasteiger partial charge on any atom is 0.230 e. The molecule has 6 nitrogen and oxygen atoms in total. The second kappa shape index (κ2) is 3.99. The van der Waals surface area contributed by atoms with Crippen molar-refractivity contribution in [3.05, 3.63) is 17.3 Å². The molecular formula is C11H9ClN2O4. The number of anilines is 1. The summed E-state index contributed by atoms with van der Waals surface area (Å²) in [6.07, 6.45) is 1.41. The molecular weight excluding hydrogens is 260 g/mol. The minimum atomic E-state index is -0.114. The van der Waals surface area contributed by atoms with Crippen LogP contribution in [0.2, 0.25) is 5.02 Å². The molecule has 0 unspecified atom stereocenters. The third-order valence-electron chi connectivity index (χ3n) is 2.62. The number of phenols is 1. The van der Waals surface area contributed by atoms with Crippen LogP contribution in [0.1, 0.15) is 0 Å². The summed E-state index contributed by atoms with van der Waals surface area (Å²) < 4.78 is 15.7. The summed E-state index contributed by atoms with van der Waals surface area (Å²) >= 11 is 6.08. The summed E-state index contributed by atoms with van der Waals surface area (Å²) in [5, 5.41) is 13.5. The minimum Gasteiger partial charge on any atom is -0.506 e. The second-order valence-corrected chi connectivity index (χ2v) is 4.09. The van der Waals surface area contributed by atoms with E-state index < -0.39 is 0 Å². The van der Waals surface area contributed by atoms with Gasteiger partial charge in [-0.05, 0) is 0 Å². The standard InChI is InChI=1S/C11H9ClN2O4/c12-9-6(15)3-7-10(17-2-1-16-7)8(9)5-4-14-18-11(5)13/h3-4,15H,1-2,13H2. The monoisotopic (exact) mass is 268 g/mol. The van der Waals surface area contributed by atoms with E-state index in [0.717, 1.165) is 0 Å². The zero-order chi connectivity index (χ0) is 12.7. The normalized spacial score (nSPS) is 13.6. The van der Waals surface area contributed by atoms with Crippen LogP contribution in [-0.4, -0.2) is 23.5 Å². The molecule has 3 rings (SSSR count). The van der Waals surface area contributed by atoms with Crippen molar-refractivity contribution in [2.45, 2.75) is 0 Å². The molecule has 3 N–H and O–H groups in total. The van der Waals surface area contributed by atoms with Crippen molar-refractivity contribution >= 4 is 17.5 Å². The third kappa shape index (κ3) is 1.53. The van der Waals surface area contributed by atoms with Crippen molar-refractivity contribution in [2.75, 3.05) is 18.9 Å². The average molecular weight is 269 g/mol. The number of ether oxygens (including phenoxy) is 2. The molecule has 0 amide bonds. The number of benzene rings is 1. The first-order chi connectivity index (χ1) is 8.68. The van der Waals surface area contributed by atoms with Gasteiger partial charge in [-0.3, -0.25) is 0 Å². The van der Waals surface area contributed by atoms with Gasteiger partial charge in [0.2, 0.25) is 5.88 Å². The molecule has 7 heteroatoms. The van der Waals surface area contributed by atoms with Gasteiger partial charge >= 0.3 is 0 Å². The van der Waals surface area contributed by atoms with E-state index in [1.54, 1.807) is 0 Å². The van der Waals surface area contributed by atoms with E-state index in [2.05, 4.69) is 5.16 Å². The lowest BCUT2D eigenvalue weighted by molar-refractivity contribution is 0.172. The number of hydrogen-bond acceptors (Lipinski definition) is 6. The Kier molecular flexibility index (Phi) is 2.45. The van der Waals surface area contributed by atoms with Crippen LogP contribution in [0.15, 0.2) is 16.8 Å². The molecule has 0 atom stereocenters. The number of aromatic hydroxyl groups is 1. The van der Waals surface area contributed by atoms with E-state index in [9.17, 15) is 5.11 Å². The summed E-state index contributed by atoms with van der Waals surface area (Å²) in [5.74, 6) is 0.827. The van der Waals surface area contributed by atoms with E-state index in [1.807, 2.05) is 0 Å². The summed E-state index contributed by atoms with van der Waals surface area (Å²) in [7, 11) is 0. The first-order valence-electron chi connectivity index (χ1n) is 5.20. The molecule has 1 aromatic carbocycles. The number of hydrogen-bond donors (Lipinski definition) is 2. The number of rotatable bonds is 1. The van der Waals surface area contributed by atoms with Gasteiger partial charge in [0.15, 0.2) is 11.5 Å². The van der Waals surface area contributed by atoms with Crippen LogP contribution in [0.4, 0.5) is 5.88 Å². The van der Waals surface area contributed by atoms with Crippen LogP contribution >= 0.6 is 11.6 Å². The number of nitrogens with two attached hydrogens (primary N) is 1. The Balaban J connectivity index is 2.30. The van der Waals surface area contributed by atoms with Crippen LogP contribution in [0.25, 0.3) is 11.1 Å². The first kappa shape index (κ1) is 11.0. The summed E-state index contributed by atoms with van der Waals surface area (Å²) in [6, 6.07) is 1.41. The Hall–Kier alpha value is -2.08. The number of aromatic nitrogens is 1. The molecule has 0 bridgehead atoms. The van der Waals surface area contributed by atoms with E-state index in [0.29, 0.717) is 35.8 Å². The van der Waals surface area contributed by atoms with Gasteiger partial charge in [-0.25, -0.2) is 0 Å².